The first-order valence-electron chi connectivity index (χ1n) is 4.20. The molecule has 0 unspecified atom stereocenters. The normalized spacial score (nSPS) is 8.25. The molecule has 0 rings (SSSR count). The van der Waals surface area contributed by atoms with Gasteiger partial charge >= 0.3 is 12.2 Å². The van der Waals surface area contributed by atoms with Crippen LogP contribution in [0.2, 0.25) is 0 Å². The monoisotopic (exact) mass is 228 g/mol. The standard InChI is InChI=1S/C8H8N2O6/c11-5-9-7(13)15-3-1-2-4-16-8(14)10-6-12/h1-4H2. The number of isocyanates is 2. The molecule has 86 valence electrons. The molecule has 0 aromatic heterocycles. The average Bonchev–Trinajstić information content (AvgIpc) is 2.24. The van der Waals surface area contributed by atoms with Crippen molar-refractivity contribution in [2.75, 3.05) is 13.2 Å². The Hall–Kier alpha value is -2.30. The minimum atomic E-state index is -1.02. The predicted molar refractivity (Wildman–Crippen MR) is 48.2 cm³/mol. The molecular weight excluding hydrogens is 220 g/mol. The molecule has 0 saturated carbocycles. The Morgan fingerprint density at radius 1 is 0.875 bits per heavy atom. The maximum absolute atomic E-state index is 10.5. The van der Waals surface area contributed by atoms with Gasteiger partial charge in [0.05, 0.1) is 13.2 Å². The van der Waals surface area contributed by atoms with E-state index in [0.29, 0.717) is 12.8 Å². The summed E-state index contributed by atoms with van der Waals surface area (Å²) in [7, 11) is 0. The van der Waals surface area contributed by atoms with Gasteiger partial charge in [0.15, 0.2) is 0 Å². The first kappa shape index (κ1) is 13.7. The van der Waals surface area contributed by atoms with Gasteiger partial charge in [0, 0.05) is 0 Å². The van der Waals surface area contributed by atoms with E-state index in [1.54, 1.807) is 0 Å². The van der Waals surface area contributed by atoms with Gasteiger partial charge in [-0.15, -0.1) is 0 Å². The highest BCUT2D eigenvalue weighted by Crippen LogP contribution is 1.94. The second-order valence-corrected chi connectivity index (χ2v) is 2.34. The van der Waals surface area contributed by atoms with Crippen molar-refractivity contribution in [3.05, 3.63) is 0 Å². The molecule has 0 aromatic rings. The van der Waals surface area contributed by atoms with Gasteiger partial charge in [-0.1, -0.05) is 9.98 Å². The SMILES string of the molecule is O=C=NC(=O)OCCCCOC(=O)N=C=O. The minimum absolute atomic E-state index is 0.0402. The van der Waals surface area contributed by atoms with E-state index in [-0.39, 0.29) is 13.2 Å². The summed E-state index contributed by atoms with van der Waals surface area (Å²) < 4.78 is 8.89. The number of hydrogen-bond acceptors (Lipinski definition) is 6. The summed E-state index contributed by atoms with van der Waals surface area (Å²) >= 11 is 0. The third kappa shape index (κ3) is 8.31. The summed E-state index contributed by atoms with van der Waals surface area (Å²) in [4.78, 5) is 45.5. The molecule has 0 aromatic carbocycles. The molecule has 0 heterocycles. The number of ether oxygens (including phenoxy) is 2. The molecule has 8 nitrogen and oxygen atoms in total. The zero-order valence-corrected chi connectivity index (χ0v) is 8.17. The van der Waals surface area contributed by atoms with E-state index >= 15 is 0 Å². The Balaban J connectivity index is 3.40. The Kier molecular flexibility index (Phi) is 7.93. The molecule has 0 aliphatic carbocycles. The summed E-state index contributed by atoms with van der Waals surface area (Å²) in [6, 6.07) is 0. The molecule has 16 heavy (non-hydrogen) atoms. The fourth-order valence-corrected chi connectivity index (χ4v) is 0.662. The van der Waals surface area contributed by atoms with E-state index in [1.807, 2.05) is 0 Å². The second kappa shape index (κ2) is 9.26. The number of hydrogen-bond donors (Lipinski definition) is 0. The fourth-order valence-electron chi connectivity index (χ4n) is 0.662. The smallest absolute Gasteiger partial charge is 0.444 e. The largest absolute Gasteiger partial charge is 0.447 e. The highest BCUT2D eigenvalue weighted by atomic mass is 16.6. The summed E-state index contributed by atoms with van der Waals surface area (Å²) in [6.07, 6.45) is 0.859. The quantitative estimate of drug-likeness (QED) is 0.389. The van der Waals surface area contributed by atoms with Crippen molar-refractivity contribution in [2.24, 2.45) is 9.98 Å². The summed E-state index contributed by atoms with van der Waals surface area (Å²) in [5.74, 6) is 0. The van der Waals surface area contributed by atoms with Crippen molar-refractivity contribution < 1.29 is 28.7 Å². The average molecular weight is 228 g/mol. The van der Waals surface area contributed by atoms with Crippen LogP contribution in [0.25, 0.3) is 0 Å². The van der Waals surface area contributed by atoms with E-state index in [2.05, 4.69) is 19.5 Å². The lowest BCUT2D eigenvalue weighted by molar-refractivity contribution is 0.139. The molecular formula is C8H8N2O6. The van der Waals surface area contributed by atoms with Crippen LogP contribution in [0.5, 0.6) is 0 Å². The molecule has 0 fully saturated rings. The van der Waals surface area contributed by atoms with Crippen LogP contribution in [0.15, 0.2) is 9.98 Å². The van der Waals surface area contributed by atoms with E-state index in [0.717, 1.165) is 12.2 Å². The van der Waals surface area contributed by atoms with Crippen molar-refractivity contribution in [1.82, 2.24) is 0 Å². The van der Waals surface area contributed by atoms with Crippen molar-refractivity contribution in [1.29, 1.82) is 0 Å². The van der Waals surface area contributed by atoms with E-state index in [4.69, 9.17) is 0 Å². The molecule has 0 N–H and O–H groups in total. The van der Waals surface area contributed by atoms with Gasteiger partial charge in [-0.2, -0.15) is 0 Å². The third-order valence-corrected chi connectivity index (χ3v) is 1.26. The van der Waals surface area contributed by atoms with E-state index in [1.165, 1.54) is 0 Å². The Bertz CT molecular complexity index is 306. The van der Waals surface area contributed by atoms with Gasteiger partial charge in [-0.05, 0) is 12.8 Å². The van der Waals surface area contributed by atoms with Crippen LogP contribution in [0.3, 0.4) is 0 Å². The van der Waals surface area contributed by atoms with Crippen molar-refractivity contribution >= 4 is 24.3 Å². The van der Waals surface area contributed by atoms with Gasteiger partial charge in [-0.25, -0.2) is 19.2 Å². The minimum Gasteiger partial charge on any atom is -0.447 e. The molecule has 0 saturated heterocycles. The van der Waals surface area contributed by atoms with Crippen LogP contribution in [-0.2, 0) is 19.1 Å². The molecule has 8 heteroatoms. The number of nitrogens with zero attached hydrogens (tertiary/aromatic N) is 2. The van der Waals surface area contributed by atoms with E-state index < -0.39 is 12.2 Å². The third-order valence-electron chi connectivity index (χ3n) is 1.26. The highest BCUT2D eigenvalue weighted by Gasteiger charge is 2.00. The summed E-state index contributed by atoms with van der Waals surface area (Å²) in [6.45, 7) is 0.0804. The predicted octanol–water partition coefficient (Wildman–Crippen LogP) is 0.711. The molecule has 2 amide bonds. The number of rotatable bonds is 5. The molecule has 0 aliphatic rings. The highest BCUT2D eigenvalue weighted by molar-refractivity contribution is 5.74. The van der Waals surface area contributed by atoms with Crippen molar-refractivity contribution in [3.63, 3.8) is 0 Å². The topological polar surface area (TPSA) is 111 Å². The number of carbonyl (C=O) groups excluding carboxylic acids is 4. The van der Waals surface area contributed by atoms with Crippen LogP contribution < -0.4 is 0 Å². The zero-order chi connectivity index (χ0) is 12.2. The Morgan fingerprint density at radius 3 is 1.56 bits per heavy atom. The molecule has 0 spiro atoms. The van der Waals surface area contributed by atoms with Crippen LogP contribution >= 0.6 is 0 Å². The van der Waals surface area contributed by atoms with Gasteiger partial charge in [-0.3, -0.25) is 0 Å². The van der Waals surface area contributed by atoms with Gasteiger partial charge in [0.25, 0.3) is 0 Å². The zero-order valence-electron chi connectivity index (χ0n) is 8.17. The van der Waals surface area contributed by atoms with Gasteiger partial charge < -0.3 is 9.47 Å². The van der Waals surface area contributed by atoms with Crippen LogP contribution in [0.4, 0.5) is 9.59 Å². The van der Waals surface area contributed by atoms with Crippen LogP contribution in [-0.4, -0.2) is 37.6 Å². The lowest BCUT2D eigenvalue weighted by Gasteiger charge is -2.00. The summed E-state index contributed by atoms with van der Waals surface area (Å²) in [5, 5.41) is 0. The lowest BCUT2D eigenvalue weighted by atomic mass is 10.3. The second-order valence-electron chi connectivity index (χ2n) is 2.34. The Labute approximate surface area is 90.0 Å². The first-order chi connectivity index (χ1) is 7.70. The number of amides is 2. The van der Waals surface area contributed by atoms with E-state index in [9.17, 15) is 19.2 Å². The van der Waals surface area contributed by atoms with Crippen LogP contribution in [0.1, 0.15) is 12.8 Å². The van der Waals surface area contributed by atoms with Crippen LogP contribution in [0, 0.1) is 0 Å². The lowest BCUT2D eigenvalue weighted by Crippen LogP contribution is -2.04. The van der Waals surface area contributed by atoms with Gasteiger partial charge in [0.1, 0.15) is 0 Å². The molecule has 0 radical (unpaired) electrons. The number of carbonyl (C=O) groups is 2. The first-order valence-corrected chi connectivity index (χ1v) is 4.20. The van der Waals surface area contributed by atoms with Gasteiger partial charge in [0.2, 0.25) is 12.2 Å². The molecule has 0 aliphatic heterocycles. The molecule has 0 bridgehead atoms. The Morgan fingerprint density at radius 2 is 1.25 bits per heavy atom. The van der Waals surface area contributed by atoms with Crippen molar-refractivity contribution in [3.8, 4) is 0 Å². The maximum Gasteiger partial charge on any atom is 0.444 e. The molecule has 0 atom stereocenters. The number of unbranched alkanes of at least 4 members (excludes halogenated alkanes) is 1. The number of aliphatic imine (C=N–C) groups is 2. The maximum atomic E-state index is 10.5. The van der Waals surface area contributed by atoms with Crippen molar-refractivity contribution in [2.45, 2.75) is 12.8 Å². The summed E-state index contributed by atoms with van der Waals surface area (Å²) in [5.41, 5.74) is 0. The fraction of sp³-hybridized carbons (Fsp3) is 0.500.